The summed E-state index contributed by atoms with van der Waals surface area (Å²) in [5.41, 5.74) is 1.40. The molecule has 2 rings (SSSR count). The largest absolute Gasteiger partial charge is 4.00 e. The monoisotopic (exact) mass is 332 g/mol. The molecule has 0 N–H and O–H groups in total. The zero-order chi connectivity index (χ0) is 9.36. The molecule has 0 aliphatic heterocycles. The topological polar surface area (TPSA) is 0 Å². The van der Waals surface area contributed by atoms with Crippen molar-refractivity contribution in [1.82, 2.24) is 0 Å². The molecule has 0 amide bonds. The summed E-state index contributed by atoms with van der Waals surface area (Å²) >= 11 is 0. The summed E-state index contributed by atoms with van der Waals surface area (Å²) in [4.78, 5) is 0. The molecule has 0 aromatic carbocycles. The first-order valence-electron chi connectivity index (χ1n) is 4.91. The number of rotatable bonds is 2. The fraction of sp³-hybridized carbons (Fsp3) is 0.385. The van der Waals surface area contributed by atoms with Gasteiger partial charge in [-0.1, -0.05) is 19.8 Å². The van der Waals surface area contributed by atoms with E-state index in [1.807, 2.05) is 12.2 Å². The number of hydrogen-bond acceptors (Lipinski definition) is 0. The van der Waals surface area contributed by atoms with Gasteiger partial charge < -0.3 is 24.8 Å². The van der Waals surface area contributed by atoms with E-state index in [0.29, 0.717) is 0 Å². The molecule has 0 atom stereocenters. The fourth-order valence-electron chi connectivity index (χ4n) is 1.23. The van der Waals surface area contributed by atoms with E-state index < -0.39 is 0 Å². The van der Waals surface area contributed by atoms with E-state index in [1.54, 1.807) is 0 Å². The average molecular weight is 334 g/mol. The Morgan fingerprint density at radius 2 is 1.94 bits per heavy atom. The zero-order valence-electron chi connectivity index (χ0n) is 9.47. The van der Waals surface area contributed by atoms with Crippen LogP contribution in [0, 0.1) is 12.2 Å². The summed E-state index contributed by atoms with van der Waals surface area (Å²) < 4.78 is 0. The predicted octanol–water partition coefficient (Wildman–Crippen LogP) is -2.21. The Hall–Kier alpha value is 0.423. The van der Waals surface area contributed by atoms with Crippen molar-refractivity contribution in [2.24, 2.45) is 0 Å². The van der Waals surface area contributed by atoms with Crippen LogP contribution in [-0.2, 0) is 26.2 Å². The third-order valence-electron chi connectivity index (χ3n) is 1.87. The molecule has 0 radical (unpaired) electrons. The molecule has 0 spiro atoms. The Labute approximate surface area is 131 Å². The van der Waals surface area contributed by atoms with Crippen molar-refractivity contribution in [2.45, 2.75) is 32.6 Å². The van der Waals surface area contributed by atoms with Crippen molar-refractivity contribution in [3.8, 4) is 0 Å². The zero-order valence-corrected chi connectivity index (χ0v) is 13.4. The number of hydrogen-bond donors (Lipinski definition) is 0. The van der Waals surface area contributed by atoms with Gasteiger partial charge in [0.25, 0.3) is 0 Å². The van der Waals surface area contributed by atoms with E-state index in [1.165, 1.54) is 18.4 Å². The number of halogens is 2. The molecule has 2 aliphatic carbocycles. The van der Waals surface area contributed by atoms with Gasteiger partial charge in [-0.2, -0.15) is 12.2 Å². The van der Waals surface area contributed by atoms with E-state index >= 15 is 0 Å². The Kier molecular flexibility index (Phi) is 20.9. The summed E-state index contributed by atoms with van der Waals surface area (Å²) in [6, 6.07) is 0. The van der Waals surface area contributed by atoms with Crippen LogP contribution in [0.4, 0.5) is 0 Å². The van der Waals surface area contributed by atoms with Gasteiger partial charge in [0.1, 0.15) is 0 Å². The molecule has 0 unspecified atom stereocenters. The summed E-state index contributed by atoms with van der Waals surface area (Å²) in [6.45, 7) is 2.20. The van der Waals surface area contributed by atoms with Crippen LogP contribution in [0.3, 0.4) is 0 Å². The molecule has 86 valence electrons. The maximum Gasteiger partial charge on any atom is 4.00 e. The molecule has 0 bridgehead atoms. The molecular weight excluding hydrogens is 318 g/mol. The average Bonchev–Trinajstić information content (AvgIpc) is 2.79. The fourth-order valence-corrected chi connectivity index (χ4v) is 1.23. The summed E-state index contributed by atoms with van der Waals surface area (Å²) in [5, 5.41) is 0. The van der Waals surface area contributed by atoms with Gasteiger partial charge in [-0.15, -0.1) is 12.8 Å². The second-order valence-corrected chi connectivity index (χ2v) is 3.06. The van der Waals surface area contributed by atoms with E-state index in [2.05, 4.69) is 37.3 Å². The van der Waals surface area contributed by atoms with Gasteiger partial charge in [-0.3, -0.25) is 12.2 Å². The molecule has 0 nitrogen and oxygen atoms in total. The Morgan fingerprint density at radius 1 is 1.19 bits per heavy atom. The molecule has 0 aromatic heterocycles. The first-order chi connectivity index (χ1) is 6.43. The van der Waals surface area contributed by atoms with Crippen LogP contribution < -0.4 is 24.8 Å². The van der Waals surface area contributed by atoms with Crippen molar-refractivity contribution < 1.29 is 51.0 Å². The summed E-state index contributed by atoms with van der Waals surface area (Å²) in [7, 11) is 0. The molecule has 2 aliphatic rings. The molecule has 0 fully saturated rings. The normalized spacial score (nSPS) is 13.9. The van der Waals surface area contributed by atoms with Gasteiger partial charge >= 0.3 is 26.2 Å². The summed E-state index contributed by atoms with van der Waals surface area (Å²) in [5.74, 6) is 0. The van der Waals surface area contributed by atoms with Crippen LogP contribution in [-0.4, -0.2) is 0 Å². The maximum atomic E-state index is 3.26. The maximum absolute atomic E-state index is 3.26. The third-order valence-corrected chi connectivity index (χ3v) is 1.87. The van der Waals surface area contributed by atoms with Crippen LogP contribution in [0.1, 0.15) is 32.6 Å². The Balaban J connectivity index is -0.000000189. The first kappa shape index (κ1) is 21.7. The molecular formula is C13H16Cl2Zr. The molecule has 0 saturated carbocycles. The van der Waals surface area contributed by atoms with Gasteiger partial charge in [-0.05, 0) is 0 Å². The minimum absolute atomic E-state index is 0. The second kappa shape index (κ2) is 15.4. The Bertz CT molecular complexity index is 243. The molecule has 0 heterocycles. The van der Waals surface area contributed by atoms with E-state index in [9.17, 15) is 0 Å². The van der Waals surface area contributed by atoms with E-state index in [-0.39, 0.29) is 51.0 Å². The second-order valence-electron chi connectivity index (χ2n) is 3.06. The van der Waals surface area contributed by atoms with Crippen molar-refractivity contribution in [3.05, 3.63) is 48.1 Å². The van der Waals surface area contributed by atoms with Gasteiger partial charge in [-0.25, -0.2) is 23.8 Å². The van der Waals surface area contributed by atoms with Crippen LogP contribution in [0.5, 0.6) is 0 Å². The van der Waals surface area contributed by atoms with Gasteiger partial charge in [0, 0.05) is 0 Å². The smallest absolute Gasteiger partial charge is 1.00 e. The predicted molar refractivity (Wildman–Crippen MR) is 57.0 cm³/mol. The van der Waals surface area contributed by atoms with Crippen LogP contribution in [0.2, 0.25) is 0 Å². The molecule has 16 heavy (non-hydrogen) atoms. The van der Waals surface area contributed by atoms with Gasteiger partial charge in [0.2, 0.25) is 0 Å². The SMILES string of the molecule is CCCC1=[C-]CC=C1.[C-]1=CC=CC1.[Cl-].[Cl-].[Zr+4]. The standard InChI is InChI=1S/C8H11.C5H5.2ClH.Zr/c1-2-5-8-6-3-4-7-8;1-2-4-5-3-1;;;/h3,6H,2,4-5H2,1H3;1-3H,4H2;2*1H;/q2*-1;;;+4/p-2. The van der Waals surface area contributed by atoms with Gasteiger partial charge in [0.05, 0.1) is 0 Å². The number of allylic oxidation sites excluding steroid dienone is 8. The van der Waals surface area contributed by atoms with E-state index in [4.69, 9.17) is 0 Å². The first-order valence-corrected chi connectivity index (χ1v) is 4.91. The van der Waals surface area contributed by atoms with Crippen molar-refractivity contribution in [2.75, 3.05) is 0 Å². The molecule has 0 saturated heterocycles. The van der Waals surface area contributed by atoms with Gasteiger partial charge in [0.15, 0.2) is 0 Å². The summed E-state index contributed by atoms with van der Waals surface area (Å²) in [6.07, 6.45) is 21.1. The molecule has 0 aromatic rings. The van der Waals surface area contributed by atoms with E-state index in [0.717, 1.165) is 12.8 Å². The quantitative estimate of drug-likeness (QED) is 0.503. The van der Waals surface area contributed by atoms with Crippen molar-refractivity contribution >= 4 is 0 Å². The minimum Gasteiger partial charge on any atom is -1.00 e. The van der Waals surface area contributed by atoms with Crippen molar-refractivity contribution in [3.63, 3.8) is 0 Å². The van der Waals surface area contributed by atoms with Crippen LogP contribution in [0.25, 0.3) is 0 Å². The minimum atomic E-state index is 0. The molecule has 3 heteroatoms. The van der Waals surface area contributed by atoms with Crippen molar-refractivity contribution in [1.29, 1.82) is 0 Å². The Morgan fingerprint density at radius 3 is 2.25 bits per heavy atom. The van der Waals surface area contributed by atoms with Crippen LogP contribution in [0.15, 0.2) is 36.0 Å². The van der Waals surface area contributed by atoms with Crippen LogP contribution >= 0.6 is 0 Å². The third kappa shape index (κ3) is 10.9.